The Kier molecular flexibility index (Phi) is 10.0. The molecule has 6 nitrogen and oxygen atoms in total. The third kappa shape index (κ3) is 6.46. The molecule has 8 heteroatoms. The lowest BCUT2D eigenvalue weighted by Crippen LogP contribution is -2.39. The highest BCUT2D eigenvalue weighted by atomic mass is 127. The molecule has 1 rings (SSSR count). The van der Waals surface area contributed by atoms with Gasteiger partial charge in [-0.05, 0) is 18.4 Å². The van der Waals surface area contributed by atoms with Gasteiger partial charge in [-0.2, -0.15) is 16.9 Å². The molecule has 1 N–H and O–H groups in total. The average Bonchev–Trinajstić information content (AvgIpc) is 2.75. The van der Waals surface area contributed by atoms with E-state index < -0.39 is 0 Å². The number of thioether (sulfide) groups is 1. The summed E-state index contributed by atoms with van der Waals surface area (Å²) in [6, 6.07) is 0. The molecule has 0 amide bonds. The van der Waals surface area contributed by atoms with Gasteiger partial charge >= 0.3 is 0 Å². The molecule has 0 saturated heterocycles. The maximum absolute atomic E-state index is 4.26. The summed E-state index contributed by atoms with van der Waals surface area (Å²) in [5.41, 5.74) is 0. The zero-order valence-corrected chi connectivity index (χ0v) is 15.1. The van der Waals surface area contributed by atoms with E-state index in [1.807, 2.05) is 30.8 Å². The fraction of sp³-hybridized carbons (Fsp3) is 0.727. The Morgan fingerprint density at radius 3 is 2.84 bits per heavy atom. The predicted octanol–water partition coefficient (Wildman–Crippen LogP) is 1.19. The number of hydrogen-bond donors (Lipinski definition) is 1. The number of rotatable bonds is 6. The zero-order valence-electron chi connectivity index (χ0n) is 12.0. The fourth-order valence-corrected chi connectivity index (χ4v) is 1.98. The maximum Gasteiger partial charge on any atom is 0.193 e. The Morgan fingerprint density at radius 1 is 1.58 bits per heavy atom. The van der Waals surface area contributed by atoms with Crippen LogP contribution in [0.5, 0.6) is 0 Å². The van der Waals surface area contributed by atoms with Crippen LogP contribution in [0.25, 0.3) is 0 Å². The summed E-state index contributed by atoms with van der Waals surface area (Å²) in [7, 11) is 5.69. The highest BCUT2D eigenvalue weighted by Gasteiger charge is 2.09. The van der Waals surface area contributed by atoms with E-state index in [9.17, 15) is 0 Å². The van der Waals surface area contributed by atoms with E-state index in [0.717, 1.165) is 30.5 Å². The molecule has 1 aromatic rings. The molecular weight excluding hydrogens is 375 g/mol. The first-order chi connectivity index (χ1) is 8.69. The van der Waals surface area contributed by atoms with Gasteiger partial charge in [0.1, 0.15) is 12.2 Å². The van der Waals surface area contributed by atoms with Gasteiger partial charge in [-0.1, -0.05) is 0 Å². The Morgan fingerprint density at radius 2 is 2.32 bits per heavy atom. The summed E-state index contributed by atoms with van der Waals surface area (Å²) >= 11 is 1.86. The highest BCUT2D eigenvalue weighted by Crippen LogP contribution is 1.98. The second kappa shape index (κ2) is 10.3. The molecule has 1 aromatic heterocycles. The van der Waals surface area contributed by atoms with Crippen molar-refractivity contribution in [2.75, 3.05) is 32.6 Å². The lowest BCUT2D eigenvalue weighted by Gasteiger charge is -2.21. The third-order valence-corrected chi connectivity index (χ3v) is 3.26. The van der Waals surface area contributed by atoms with Gasteiger partial charge in [0.15, 0.2) is 5.96 Å². The number of aromatic nitrogens is 3. The van der Waals surface area contributed by atoms with E-state index >= 15 is 0 Å². The van der Waals surface area contributed by atoms with Gasteiger partial charge in [0, 0.05) is 27.7 Å². The first kappa shape index (κ1) is 18.5. The van der Waals surface area contributed by atoms with Crippen LogP contribution in [-0.2, 0) is 13.6 Å². The minimum atomic E-state index is 0. The maximum atomic E-state index is 4.26. The quantitative estimate of drug-likeness (QED) is 0.338. The fourth-order valence-electron chi connectivity index (χ4n) is 1.55. The van der Waals surface area contributed by atoms with Gasteiger partial charge in [0.2, 0.25) is 0 Å². The smallest absolute Gasteiger partial charge is 0.193 e. The summed E-state index contributed by atoms with van der Waals surface area (Å²) < 4.78 is 1.78. The van der Waals surface area contributed by atoms with Crippen molar-refractivity contribution in [1.29, 1.82) is 0 Å². The molecule has 0 aliphatic rings. The van der Waals surface area contributed by atoms with Crippen molar-refractivity contribution in [3.05, 3.63) is 12.2 Å². The van der Waals surface area contributed by atoms with Crippen molar-refractivity contribution in [2.24, 2.45) is 12.0 Å². The van der Waals surface area contributed by atoms with Gasteiger partial charge < -0.3 is 10.2 Å². The first-order valence-electron chi connectivity index (χ1n) is 5.92. The first-order valence-corrected chi connectivity index (χ1v) is 7.32. The Labute approximate surface area is 136 Å². The topological polar surface area (TPSA) is 58.3 Å². The highest BCUT2D eigenvalue weighted by molar-refractivity contribution is 14.0. The number of aryl methyl sites for hydroxylation is 1. The molecule has 0 aliphatic heterocycles. The third-order valence-electron chi connectivity index (χ3n) is 2.57. The number of hydrogen-bond acceptors (Lipinski definition) is 4. The second-order valence-corrected chi connectivity index (χ2v) is 4.96. The van der Waals surface area contributed by atoms with Crippen molar-refractivity contribution < 1.29 is 0 Å². The summed E-state index contributed by atoms with van der Waals surface area (Å²) in [5, 5.41) is 7.40. The van der Waals surface area contributed by atoms with Crippen LogP contribution >= 0.6 is 35.7 Å². The van der Waals surface area contributed by atoms with Crippen molar-refractivity contribution in [3.8, 4) is 0 Å². The normalized spacial score (nSPS) is 11.1. The van der Waals surface area contributed by atoms with Gasteiger partial charge in [0.05, 0.1) is 6.54 Å². The summed E-state index contributed by atoms with van der Waals surface area (Å²) in [6.45, 7) is 1.63. The van der Waals surface area contributed by atoms with Gasteiger partial charge in [-0.3, -0.25) is 9.67 Å². The van der Waals surface area contributed by atoms with Crippen molar-refractivity contribution in [2.45, 2.75) is 13.0 Å². The standard InChI is InChI=1S/C11H22N6S.HI/c1-12-11(13-6-5-7-18-4)16(2)8-10-14-9-15-17(10)3;/h9H,5-8H2,1-4H3,(H,12,13);1H. The van der Waals surface area contributed by atoms with Gasteiger partial charge in [0.25, 0.3) is 0 Å². The number of aliphatic imine (C=N–C) groups is 1. The van der Waals surface area contributed by atoms with Crippen LogP contribution < -0.4 is 5.32 Å². The minimum Gasteiger partial charge on any atom is -0.356 e. The van der Waals surface area contributed by atoms with Gasteiger partial charge in [-0.15, -0.1) is 24.0 Å². The average molecular weight is 398 g/mol. The molecule has 110 valence electrons. The molecule has 0 aromatic carbocycles. The monoisotopic (exact) mass is 398 g/mol. The molecule has 0 unspecified atom stereocenters. The van der Waals surface area contributed by atoms with Crippen LogP contribution in [0.4, 0.5) is 0 Å². The summed E-state index contributed by atoms with van der Waals surface area (Å²) in [6.07, 6.45) is 4.82. The van der Waals surface area contributed by atoms with Crippen LogP contribution in [0.15, 0.2) is 11.3 Å². The largest absolute Gasteiger partial charge is 0.356 e. The number of guanidine groups is 1. The van der Waals surface area contributed by atoms with Crippen molar-refractivity contribution in [3.63, 3.8) is 0 Å². The van der Waals surface area contributed by atoms with E-state index in [-0.39, 0.29) is 24.0 Å². The second-order valence-electron chi connectivity index (χ2n) is 3.98. The van der Waals surface area contributed by atoms with E-state index in [2.05, 4.69) is 26.6 Å². The SMILES string of the molecule is CN=C(NCCCSC)N(C)Cc1ncnn1C.I. The molecule has 0 fully saturated rings. The van der Waals surface area contributed by atoms with Gasteiger partial charge in [-0.25, -0.2) is 4.98 Å². The predicted molar refractivity (Wildman–Crippen MR) is 92.2 cm³/mol. The lowest BCUT2D eigenvalue weighted by molar-refractivity contribution is 0.449. The van der Waals surface area contributed by atoms with E-state index in [1.54, 1.807) is 18.1 Å². The molecule has 0 atom stereocenters. The van der Waals surface area contributed by atoms with Crippen LogP contribution in [-0.4, -0.2) is 58.3 Å². The van der Waals surface area contributed by atoms with Crippen LogP contribution in [0.3, 0.4) is 0 Å². The Balaban J connectivity index is 0.00000324. The zero-order chi connectivity index (χ0) is 13.4. The van der Waals surface area contributed by atoms with Crippen molar-refractivity contribution in [1.82, 2.24) is 25.0 Å². The van der Waals surface area contributed by atoms with Crippen LogP contribution in [0, 0.1) is 0 Å². The van der Waals surface area contributed by atoms with E-state index in [0.29, 0.717) is 6.54 Å². The number of nitrogens with one attached hydrogen (secondary N) is 1. The van der Waals surface area contributed by atoms with Crippen LogP contribution in [0.1, 0.15) is 12.2 Å². The number of nitrogens with zero attached hydrogens (tertiary/aromatic N) is 5. The molecule has 0 spiro atoms. The molecule has 0 radical (unpaired) electrons. The summed E-state index contributed by atoms with van der Waals surface area (Å²) in [5.74, 6) is 2.97. The molecule has 1 heterocycles. The molecule has 0 bridgehead atoms. The summed E-state index contributed by atoms with van der Waals surface area (Å²) in [4.78, 5) is 10.5. The molecule has 0 aliphatic carbocycles. The molecule has 19 heavy (non-hydrogen) atoms. The Bertz CT molecular complexity index is 381. The Hall–Kier alpha value is -0.510. The number of halogens is 1. The minimum absolute atomic E-state index is 0. The van der Waals surface area contributed by atoms with E-state index in [4.69, 9.17) is 0 Å². The van der Waals surface area contributed by atoms with Crippen molar-refractivity contribution >= 4 is 41.7 Å². The lowest BCUT2D eigenvalue weighted by atomic mass is 10.4. The molecule has 0 saturated carbocycles. The van der Waals surface area contributed by atoms with Crippen LogP contribution in [0.2, 0.25) is 0 Å². The molecular formula is C11H23IN6S. The van der Waals surface area contributed by atoms with E-state index in [1.165, 1.54) is 0 Å².